The number of methoxy groups -OCH3 is 3. The maximum atomic E-state index is 12.2. The van der Waals surface area contributed by atoms with Gasteiger partial charge in [-0.15, -0.1) is 0 Å². The molecular formula is C20H21NO5. The van der Waals surface area contributed by atoms with Crippen LogP contribution in [0.2, 0.25) is 0 Å². The van der Waals surface area contributed by atoms with Crippen molar-refractivity contribution in [2.24, 2.45) is 0 Å². The lowest BCUT2D eigenvalue weighted by Gasteiger charge is -2.09. The minimum atomic E-state index is -0.457. The standard InChI is InChI=1S/C20H21NO5/c1-13-5-8-15(20(23)26-4)12-16(13)21-19(22)10-7-14-6-9-17(24-2)18(11-14)25-3/h5-12H,1-4H3,(H,21,22). The molecule has 0 unspecified atom stereocenters. The Morgan fingerprint density at radius 2 is 1.69 bits per heavy atom. The average molecular weight is 355 g/mol. The van der Waals surface area contributed by atoms with Gasteiger partial charge in [-0.2, -0.15) is 0 Å². The van der Waals surface area contributed by atoms with Crippen LogP contribution in [0.25, 0.3) is 6.08 Å². The van der Waals surface area contributed by atoms with Crippen LogP contribution in [0, 0.1) is 6.92 Å². The molecule has 0 fully saturated rings. The van der Waals surface area contributed by atoms with Crippen LogP contribution < -0.4 is 14.8 Å². The molecule has 2 rings (SSSR count). The van der Waals surface area contributed by atoms with Crippen molar-refractivity contribution in [3.8, 4) is 11.5 Å². The number of amides is 1. The first-order valence-corrected chi connectivity index (χ1v) is 7.88. The number of anilines is 1. The quantitative estimate of drug-likeness (QED) is 0.635. The Hall–Kier alpha value is -3.28. The number of nitrogens with one attached hydrogen (secondary N) is 1. The Morgan fingerprint density at radius 3 is 2.35 bits per heavy atom. The maximum Gasteiger partial charge on any atom is 0.337 e. The fourth-order valence-corrected chi connectivity index (χ4v) is 2.30. The topological polar surface area (TPSA) is 73.9 Å². The van der Waals surface area contributed by atoms with E-state index in [0.717, 1.165) is 11.1 Å². The van der Waals surface area contributed by atoms with Gasteiger partial charge in [-0.05, 0) is 48.4 Å². The van der Waals surface area contributed by atoms with Gasteiger partial charge < -0.3 is 19.5 Å². The van der Waals surface area contributed by atoms with Gasteiger partial charge in [-0.25, -0.2) is 4.79 Å². The van der Waals surface area contributed by atoms with E-state index < -0.39 is 5.97 Å². The van der Waals surface area contributed by atoms with E-state index in [-0.39, 0.29) is 5.91 Å². The Kier molecular flexibility index (Phi) is 6.38. The first-order chi connectivity index (χ1) is 12.5. The van der Waals surface area contributed by atoms with Crippen molar-refractivity contribution in [1.82, 2.24) is 0 Å². The molecule has 0 aliphatic rings. The number of benzene rings is 2. The van der Waals surface area contributed by atoms with Crippen LogP contribution in [0.1, 0.15) is 21.5 Å². The van der Waals surface area contributed by atoms with Crippen molar-refractivity contribution in [3.05, 3.63) is 59.2 Å². The van der Waals surface area contributed by atoms with E-state index in [1.54, 1.807) is 50.6 Å². The lowest BCUT2D eigenvalue weighted by molar-refractivity contribution is -0.111. The molecule has 0 atom stereocenters. The zero-order valence-electron chi connectivity index (χ0n) is 15.2. The smallest absolute Gasteiger partial charge is 0.337 e. The second kappa shape index (κ2) is 8.71. The molecule has 0 aliphatic heterocycles. The molecule has 6 heteroatoms. The van der Waals surface area contributed by atoms with Gasteiger partial charge in [0.1, 0.15) is 0 Å². The second-order valence-electron chi connectivity index (χ2n) is 5.46. The molecule has 0 saturated heterocycles. The first-order valence-electron chi connectivity index (χ1n) is 7.88. The van der Waals surface area contributed by atoms with Crippen molar-refractivity contribution < 1.29 is 23.8 Å². The molecule has 0 spiro atoms. The Labute approximate surface area is 152 Å². The summed E-state index contributed by atoms with van der Waals surface area (Å²) in [4.78, 5) is 23.8. The van der Waals surface area contributed by atoms with E-state index in [1.165, 1.54) is 13.2 Å². The molecule has 0 radical (unpaired) electrons. The SMILES string of the molecule is COC(=O)c1ccc(C)c(NC(=O)C=Cc2ccc(OC)c(OC)c2)c1. The average Bonchev–Trinajstić information content (AvgIpc) is 2.67. The number of esters is 1. The van der Waals surface area contributed by atoms with Gasteiger partial charge in [0.05, 0.1) is 26.9 Å². The summed E-state index contributed by atoms with van der Waals surface area (Å²) in [7, 11) is 4.42. The third-order valence-corrected chi connectivity index (χ3v) is 3.75. The van der Waals surface area contributed by atoms with Crippen molar-refractivity contribution in [2.45, 2.75) is 6.92 Å². The lowest BCUT2D eigenvalue weighted by atomic mass is 10.1. The number of hydrogen-bond donors (Lipinski definition) is 1. The minimum absolute atomic E-state index is 0.315. The van der Waals surface area contributed by atoms with Gasteiger partial charge in [0.25, 0.3) is 0 Å². The van der Waals surface area contributed by atoms with Crippen LogP contribution in [0.5, 0.6) is 11.5 Å². The van der Waals surface area contributed by atoms with E-state index in [0.29, 0.717) is 22.7 Å². The Morgan fingerprint density at radius 1 is 0.962 bits per heavy atom. The number of ether oxygens (including phenoxy) is 3. The molecule has 26 heavy (non-hydrogen) atoms. The van der Waals surface area contributed by atoms with E-state index in [4.69, 9.17) is 14.2 Å². The Bertz CT molecular complexity index is 842. The fourth-order valence-electron chi connectivity index (χ4n) is 2.30. The highest BCUT2D eigenvalue weighted by molar-refractivity contribution is 6.03. The van der Waals surface area contributed by atoms with Gasteiger partial charge in [-0.3, -0.25) is 4.79 Å². The third-order valence-electron chi connectivity index (χ3n) is 3.75. The highest BCUT2D eigenvalue weighted by atomic mass is 16.5. The molecule has 2 aromatic carbocycles. The summed E-state index contributed by atoms with van der Waals surface area (Å²) in [5, 5.41) is 2.76. The number of hydrogen-bond acceptors (Lipinski definition) is 5. The summed E-state index contributed by atoms with van der Waals surface area (Å²) in [5.41, 5.74) is 2.55. The largest absolute Gasteiger partial charge is 0.493 e. The molecule has 0 saturated carbocycles. The highest BCUT2D eigenvalue weighted by Gasteiger charge is 2.09. The molecule has 0 aromatic heterocycles. The van der Waals surface area contributed by atoms with Gasteiger partial charge in [0.15, 0.2) is 11.5 Å². The number of rotatable bonds is 6. The van der Waals surface area contributed by atoms with Crippen LogP contribution in [0.4, 0.5) is 5.69 Å². The lowest BCUT2D eigenvalue weighted by Crippen LogP contribution is -2.10. The normalized spacial score (nSPS) is 10.5. The maximum absolute atomic E-state index is 12.2. The van der Waals surface area contributed by atoms with E-state index in [1.807, 2.05) is 13.0 Å². The predicted molar refractivity (Wildman–Crippen MR) is 99.7 cm³/mol. The van der Waals surface area contributed by atoms with Crippen molar-refractivity contribution in [2.75, 3.05) is 26.6 Å². The minimum Gasteiger partial charge on any atom is -0.493 e. The van der Waals surface area contributed by atoms with Gasteiger partial charge in [0, 0.05) is 11.8 Å². The summed E-state index contributed by atoms with van der Waals surface area (Å²) in [6.07, 6.45) is 3.07. The number of carbonyl (C=O) groups is 2. The van der Waals surface area contributed by atoms with Crippen molar-refractivity contribution >= 4 is 23.6 Å². The fraction of sp³-hybridized carbons (Fsp3) is 0.200. The number of aryl methyl sites for hydroxylation is 1. The van der Waals surface area contributed by atoms with Crippen LogP contribution in [-0.4, -0.2) is 33.2 Å². The number of carbonyl (C=O) groups excluding carboxylic acids is 2. The molecule has 0 aliphatic carbocycles. The zero-order valence-corrected chi connectivity index (χ0v) is 15.2. The molecule has 136 valence electrons. The molecule has 1 amide bonds. The van der Waals surface area contributed by atoms with Crippen LogP contribution in [0.15, 0.2) is 42.5 Å². The highest BCUT2D eigenvalue weighted by Crippen LogP contribution is 2.28. The third kappa shape index (κ3) is 4.63. The monoisotopic (exact) mass is 355 g/mol. The summed E-state index contributed by atoms with van der Waals surface area (Å²) >= 11 is 0. The summed E-state index contributed by atoms with van der Waals surface area (Å²) in [5.74, 6) is 0.423. The van der Waals surface area contributed by atoms with Crippen LogP contribution in [-0.2, 0) is 9.53 Å². The van der Waals surface area contributed by atoms with Gasteiger partial charge in [0.2, 0.25) is 5.91 Å². The van der Waals surface area contributed by atoms with E-state index in [9.17, 15) is 9.59 Å². The Balaban J connectivity index is 2.13. The van der Waals surface area contributed by atoms with Crippen molar-refractivity contribution in [3.63, 3.8) is 0 Å². The van der Waals surface area contributed by atoms with Gasteiger partial charge >= 0.3 is 5.97 Å². The first kappa shape index (κ1) is 19.1. The van der Waals surface area contributed by atoms with E-state index >= 15 is 0 Å². The molecular weight excluding hydrogens is 334 g/mol. The second-order valence-corrected chi connectivity index (χ2v) is 5.46. The summed E-state index contributed by atoms with van der Waals surface area (Å²) in [6, 6.07) is 10.3. The molecule has 6 nitrogen and oxygen atoms in total. The predicted octanol–water partition coefficient (Wildman–Crippen LogP) is 3.45. The molecule has 0 bridgehead atoms. The summed E-state index contributed by atoms with van der Waals surface area (Å²) in [6.45, 7) is 1.84. The van der Waals surface area contributed by atoms with Gasteiger partial charge in [-0.1, -0.05) is 12.1 Å². The molecule has 1 N–H and O–H groups in total. The molecule has 0 heterocycles. The zero-order chi connectivity index (χ0) is 19.1. The van der Waals surface area contributed by atoms with Crippen LogP contribution >= 0.6 is 0 Å². The van der Waals surface area contributed by atoms with Crippen molar-refractivity contribution in [1.29, 1.82) is 0 Å². The summed E-state index contributed by atoms with van der Waals surface area (Å²) < 4.78 is 15.1. The van der Waals surface area contributed by atoms with Crippen LogP contribution in [0.3, 0.4) is 0 Å². The van der Waals surface area contributed by atoms with E-state index in [2.05, 4.69) is 5.32 Å². The molecule has 2 aromatic rings.